The molecular weight excluding hydrogens is 636 g/mol. The highest BCUT2D eigenvalue weighted by atomic mass is 16.8. The van der Waals surface area contributed by atoms with E-state index in [2.05, 4.69) is 0 Å². The minimum atomic E-state index is -2.34. The maximum atomic E-state index is 13.9. The third-order valence-corrected chi connectivity index (χ3v) is 12.3. The van der Waals surface area contributed by atoms with Crippen molar-refractivity contribution in [3.05, 3.63) is 23.8 Å². The molecule has 0 aromatic rings. The Morgan fingerprint density at radius 1 is 1.00 bits per heavy atom. The maximum Gasteiger partial charge on any atom is 0.222 e. The van der Waals surface area contributed by atoms with Gasteiger partial charge >= 0.3 is 0 Å². The van der Waals surface area contributed by atoms with Crippen LogP contribution in [0.4, 0.5) is 0 Å². The van der Waals surface area contributed by atoms with Crippen LogP contribution in [0.1, 0.15) is 46.0 Å². The Hall–Kier alpha value is -1.99. The van der Waals surface area contributed by atoms with Crippen molar-refractivity contribution < 1.29 is 74.2 Å². The van der Waals surface area contributed by atoms with E-state index in [9.17, 15) is 55.2 Å². The highest BCUT2D eigenvalue weighted by Crippen LogP contribution is 2.66. The first-order valence-electron chi connectivity index (χ1n) is 16.5. The molecule has 2 aliphatic heterocycles. The van der Waals surface area contributed by atoms with Gasteiger partial charge in [-0.25, -0.2) is 0 Å². The largest absolute Gasteiger partial charge is 0.394 e. The van der Waals surface area contributed by atoms with E-state index in [1.807, 2.05) is 13.0 Å². The summed E-state index contributed by atoms with van der Waals surface area (Å²) in [6.07, 6.45) is -6.56. The van der Waals surface area contributed by atoms with Gasteiger partial charge in [-0.3, -0.25) is 14.4 Å². The van der Waals surface area contributed by atoms with Crippen molar-refractivity contribution in [2.75, 3.05) is 26.4 Å². The van der Waals surface area contributed by atoms with E-state index < -0.39 is 109 Å². The SMILES string of the molecule is C[C@]12C=CC(=O)C=C1CC[C@@H]1[C@@H]2C(=O)C[C@@]2(C)[C@H]1CC[C@]2(O)C(=O)COC1(CO)O[C@H](CO)C(O[C@@H]2OC(CO)[C@H](O)[C@@H](O)C2O)[C@H]1O. The van der Waals surface area contributed by atoms with Crippen LogP contribution in [0.5, 0.6) is 0 Å². The van der Waals surface area contributed by atoms with Crippen molar-refractivity contribution in [1.29, 1.82) is 0 Å². The molecular formula is C33H46O15. The van der Waals surface area contributed by atoms with Crippen LogP contribution in [0.2, 0.25) is 0 Å². The average molecular weight is 683 g/mol. The van der Waals surface area contributed by atoms with Gasteiger partial charge in [0.25, 0.3) is 0 Å². The second-order valence-electron chi connectivity index (χ2n) is 14.7. The average Bonchev–Trinajstić information content (AvgIpc) is 3.49. The van der Waals surface area contributed by atoms with Gasteiger partial charge in [0, 0.05) is 23.2 Å². The first-order valence-corrected chi connectivity index (χ1v) is 16.5. The summed E-state index contributed by atoms with van der Waals surface area (Å²) in [6.45, 7) is 0.297. The molecule has 0 amide bonds. The Balaban J connectivity index is 1.17. The zero-order chi connectivity index (χ0) is 35.0. The van der Waals surface area contributed by atoms with Crippen LogP contribution in [-0.2, 0) is 33.3 Å². The number of hydrogen-bond acceptors (Lipinski definition) is 15. The van der Waals surface area contributed by atoms with Gasteiger partial charge < -0.3 is 59.8 Å². The summed E-state index contributed by atoms with van der Waals surface area (Å²) in [4.78, 5) is 39.9. The van der Waals surface area contributed by atoms with Gasteiger partial charge in [-0.2, -0.15) is 0 Å². The Kier molecular flexibility index (Phi) is 9.44. The summed E-state index contributed by atoms with van der Waals surface area (Å²) in [5.41, 5.74) is -2.83. The molecule has 3 saturated carbocycles. The molecule has 48 heavy (non-hydrogen) atoms. The van der Waals surface area contributed by atoms with E-state index in [1.165, 1.54) is 6.08 Å². The van der Waals surface area contributed by atoms with E-state index in [4.69, 9.17) is 18.9 Å². The fourth-order valence-electron chi connectivity index (χ4n) is 9.58. The Labute approximate surface area is 276 Å². The van der Waals surface area contributed by atoms with Crippen LogP contribution in [0.15, 0.2) is 23.8 Å². The number of fused-ring (bicyclic) bond motifs is 5. The maximum absolute atomic E-state index is 13.9. The molecule has 15 atom stereocenters. The van der Waals surface area contributed by atoms with Gasteiger partial charge in [-0.05, 0) is 49.7 Å². The molecule has 268 valence electrons. The van der Waals surface area contributed by atoms with Gasteiger partial charge in [-0.15, -0.1) is 0 Å². The molecule has 0 radical (unpaired) electrons. The molecule has 2 saturated heterocycles. The normalized spacial score (nSPS) is 50.1. The summed E-state index contributed by atoms with van der Waals surface area (Å²) in [7, 11) is 0. The number of rotatable bonds is 9. The number of allylic oxidation sites excluding steroid dienone is 4. The lowest BCUT2D eigenvalue weighted by molar-refractivity contribution is -0.319. The summed E-state index contributed by atoms with van der Waals surface area (Å²) in [6, 6.07) is 0. The van der Waals surface area contributed by atoms with E-state index in [1.54, 1.807) is 13.0 Å². The second-order valence-corrected chi connectivity index (χ2v) is 14.7. The Bertz CT molecular complexity index is 1360. The van der Waals surface area contributed by atoms with E-state index >= 15 is 0 Å². The lowest BCUT2D eigenvalue weighted by atomic mass is 9.46. The summed E-state index contributed by atoms with van der Waals surface area (Å²) in [5.74, 6) is -4.04. The number of ether oxygens (including phenoxy) is 4. The van der Waals surface area contributed by atoms with Crippen molar-refractivity contribution in [1.82, 2.24) is 0 Å². The standard InChI is InChI=1S/C33H46O15/c1-30-7-5-16(37)9-15(30)3-4-17-18-6-8-32(44,31(18,2)10-19(38)23(17)30)22(39)13-45-33(14-36)28(43)27(21(12-35)48-33)47-29-26(42)25(41)24(40)20(11-34)46-29/h5,7,9,17-18,20-21,23-29,34-36,40-44H,3-4,6,8,10-14H2,1-2H3/t17-,18-,20?,21+,23+,24-,25+,26?,27?,28+,29-,30-,31-,32-,33?/m0/s1. The quantitative estimate of drug-likeness (QED) is 0.124. The fraction of sp³-hybridized carbons (Fsp3) is 0.788. The number of Topliss-reactive ketones (excluding diaryl/α,β-unsaturated/α-hetero) is 2. The van der Waals surface area contributed by atoms with E-state index in [0.29, 0.717) is 19.3 Å². The van der Waals surface area contributed by atoms with Crippen LogP contribution < -0.4 is 0 Å². The molecule has 0 aromatic carbocycles. The van der Waals surface area contributed by atoms with Crippen LogP contribution in [0.3, 0.4) is 0 Å². The number of hydrogen-bond donors (Lipinski definition) is 8. The topological polar surface area (TPSA) is 250 Å². The molecule has 8 N–H and O–H groups in total. The zero-order valence-electron chi connectivity index (χ0n) is 26.9. The predicted molar refractivity (Wildman–Crippen MR) is 159 cm³/mol. The molecule has 4 unspecified atom stereocenters. The number of carbonyl (C=O) groups is 3. The third-order valence-electron chi connectivity index (χ3n) is 12.3. The number of ketones is 3. The van der Waals surface area contributed by atoms with Gasteiger partial charge in [0.05, 0.1) is 13.2 Å². The van der Waals surface area contributed by atoms with E-state index in [-0.39, 0.29) is 36.2 Å². The minimum Gasteiger partial charge on any atom is -0.394 e. The molecule has 5 fully saturated rings. The van der Waals surface area contributed by atoms with Crippen LogP contribution in [0, 0.1) is 28.6 Å². The third kappa shape index (κ3) is 5.21. The molecule has 0 aromatic heterocycles. The fourth-order valence-corrected chi connectivity index (χ4v) is 9.58. The predicted octanol–water partition coefficient (Wildman–Crippen LogP) is -2.58. The Morgan fingerprint density at radius 3 is 2.38 bits per heavy atom. The first-order chi connectivity index (χ1) is 22.6. The molecule has 15 nitrogen and oxygen atoms in total. The molecule has 2 heterocycles. The smallest absolute Gasteiger partial charge is 0.222 e. The van der Waals surface area contributed by atoms with Crippen molar-refractivity contribution in [2.24, 2.45) is 28.6 Å². The first kappa shape index (κ1) is 35.8. The molecule has 4 aliphatic carbocycles. The highest BCUT2D eigenvalue weighted by Gasteiger charge is 2.69. The highest BCUT2D eigenvalue weighted by molar-refractivity contribution is 6.02. The van der Waals surface area contributed by atoms with Crippen LogP contribution in [0.25, 0.3) is 0 Å². The molecule has 0 bridgehead atoms. The molecule has 6 aliphatic rings. The number of aliphatic hydroxyl groups excluding tert-OH is 7. The van der Waals surface area contributed by atoms with Crippen LogP contribution in [-0.4, -0.2) is 145 Å². The molecule has 15 heteroatoms. The van der Waals surface area contributed by atoms with Crippen molar-refractivity contribution in [3.63, 3.8) is 0 Å². The van der Waals surface area contributed by atoms with Crippen molar-refractivity contribution in [2.45, 2.75) is 106 Å². The number of aliphatic hydroxyl groups is 8. The lowest BCUT2D eigenvalue weighted by Crippen LogP contribution is -2.61. The Morgan fingerprint density at radius 2 is 1.71 bits per heavy atom. The monoisotopic (exact) mass is 682 g/mol. The van der Waals surface area contributed by atoms with Gasteiger partial charge in [0.2, 0.25) is 5.79 Å². The summed E-state index contributed by atoms with van der Waals surface area (Å²) in [5, 5.41) is 83.7. The lowest BCUT2D eigenvalue weighted by Gasteiger charge is -2.56. The second kappa shape index (κ2) is 12.7. The van der Waals surface area contributed by atoms with Crippen molar-refractivity contribution >= 4 is 17.3 Å². The summed E-state index contributed by atoms with van der Waals surface area (Å²) < 4.78 is 22.4. The van der Waals surface area contributed by atoms with Crippen LogP contribution >= 0.6 is 0 Å². The zero-order valence-corrected chi connectivity index (χ0v) is 26.9. The van der Waals surface area contributed by atoms with Gasteiger partial charge in [0.15, 0.2) is 17.9 Å². The molecule has 0 spiro atoms. The van der Waals surface area contributed by atoms with Gasteiger partial charge in [0.1, 0.15) is 67.3 Å². The molecule has 6 rings (SSSR count). The van der Waals surface area contributed by atoms with E-state index in [0.717, 1.165) is 5.57 Å². The number of carbonyl (C=O) groups excluding carboxylic acids is 3. The minimum absolute atomic E-state index is 0.0538. The summed E-state index contributed by atoms with van der Waals surface area (Å²) >= 11 is 0. The van der Waals surface area contributed by atoms with Gasteiger partial charge in [-0.1, -0.05) is 25.5 Å². The van der Waals surface area contributed by atoms with Crippen molar-refractivity contribution in [3.8, 4) is 0 Å².